The van der Waals surface area contributed by atoms with Crippen LogP contribution >= 0.6 is 0 Å². The van der Waals surface area contributed by atoms with Crippen molar-refractivity contribution < 1.29 is 4.79 Å². The molecule has 1 unspecified atom stereocenters. The number of aryl methyl sites for hydroxylation is 2. The molecule has 2 aromatic rings. The van der Waals surface area contributed by atoms with Gasteiger partial charge in [0, 0.05) is 11.3 Å². The fourth-order valence-electron chi connectivity index (χ4n) is 2.01. The molecule has 19 heavy (non-hydrogen) atoms. The van der Waals surface area contributed by atoms with Crippen LogP contribution in [0, 0.1) is 13.8 Å². The number of nitrogens with one attached hydrogen (secondary N) is 1. The van der Waals surface area contributed by atoms with E-state index in [2.05, 4.69) is 5.32 Å². The first-order valence-corrected chi connectivity index (χ1v) is 6.50. The van der Waals surface area contributed by atoms with Crippen molar-refractivity contribution in [1.82, 2.24) is 0 Å². The molecule has 0 aliphatic carbocycles. The minimum absolute atomic E-state index is 0.115. The molecule has 0 bridgehead atoms. The second-order valence-electron chi connectivity index (χ2n) is 4.97. The molecular formula is C17H19NO. The first kappa shape index (κ1) is 13.3. The molecule has 0 fully saturated rings. The van der Waals surface area contributed by atoms with Crippen LogP contribution in [0.5, 0.6) is 0 Å². The smallest absolute Gasteiger partial charge is 0.184 e. The van der Waals surface area contributed by atoms with E-state index >= 15 is 0 Å². The molecule has 0 heterocycles. The van der Waals surface area contributed by atoms with Crippen molar-refractivity contribution in [2.24, 2.45) is 0 Å². The summed E-state index contributed by atoms with van der Waals surface area (Å²) < 4.78 is 0. The van der Waals surface area contributed by atoms with Gasteiger partial charge in [-0.2, -0.15) is 0 Å². The van der Waals surface area contributed by atoms with E-state index in [1.54, 1.807) is 0 Å². The summed E-state index contributed by atoms with van der Waals surface area (Å²) >= 11 is 0. The van der Waals surface area contributed by atoms with Crippen LogP contribution < -0.4 is 5.32 Å². The maximum atomic E-state index is 12.3. The zero-order chi connectivity index (χ0) is 13.8. The van der Waals surface area contributed by atoms with E-state index in [0.29, 0.717) is 0 Å². The standard InChI is InChI=1S/C17H19NO/c1-12-7-9-16(10-8-12)18-14(3)17(19)15-6-4-5-13(2)11-15/h4-11,14,18H,1-3H3. The van der Waals surface area contributed by atoms with Crippen molar-refractivity contribution in [3.05, 3.63) is 65.2 Å². The van der Waals surface area contributed by atoms with Crippen LogP contribution in [0.1, 0.15) is 28.4 Å². The van der Waals surface area contributed by atoms with Gasteiger partial charge in [-0.15, -0.1) is 0 Å². The minimum Gasteiger partial charge on any atom is -0.375 e. The minimum atomic E-state index is -0.232. The van der Waals surface area contributed by atoms with E-state index in [0.717, 1.165) is 16.8 Å². The number of ketones is 1. The van der Waals surface area contributed by atoms with E-state index in [1.165, 1.54) is 5.56 Å². The highest BCUT2D eigenvalue weighted by Crippen LogP contribution is 2.13. The third-order valence-corrected chi connectivity index (χ3v) is 3.13. The molecule has 0 saturated heterocycles. The summed E-state index contributed by atoms with van der Waals surface area (Å²) in [5.41, 5.74) is 4.04. The van der Waals surface area contributed by atoms with E-state index in [4.69, 9.17) is 0 Å². The van der Waals surface area contributed by atoms with Crippen LogP contribution in [0.2, 0.25) is 0 Å². The van der Waals surface area contributed by atoms with Gasteiger partial charge in [-0.05, 0) is 39.0 Å². The largest absolute Gasteiger partial charge is 0.375 e. The summed E-state index contributed by atoms with van der Waals surface area (Å²) in [4.78, 5) is 12.3. The fraction of sp³-hybridized carbons (Fsp3) is 0.235. The van der Waals surface area contributed by atoms with E-state index in [1.807, 2.05) is 69.3 Å². The van der Waals surface area contributed by atoms with Gasteiger partial charge < -0.3 is 5.32 Å². The number of hydrogen-bond donors (Lipinski definition) is 1. The molecule has 0 aliphatic heterocycles. The van der Waals surface area contributed by atoms with Gasteiger partial charge >= 0.3 is 0 Å². The molecule has 0 aliphatic rings. The molecule has 98 valence electrons. The van der Waals surface area contributed by atoms with Gasteiger partial charge in [0.1, 0.15) is 0 Å². The van der Waals surface area contributed by atoms with Crippen molar-refractivity contribution >= 4 is 11.5 Å². The maximum Gasteiger partial charge on any atom is 0.184 e. The lowest BCUT2D eigenvalue weighted by molar-refractivity contribution is 0.0975. The number of anilines is 1. The van der Waals surface area contributed by atoms with Crippen LogP contribution in [0.4, 0.5) is 5.69 Å². The topological polar surface area (TPSA) is 29.1 Å². The zero-order valence-electron chi connectivity index (χ0n) is 11.6. The molecule has 1 N–H and O–H groups in total. The van der Waals surface area contributed by atoms with Crippen molar-refractivity contribution in [2.45, 2.75) is 26.8 Å². The second kappa shape index (κ2) is 5.70. The number of rotatable bonds is 4. The molecular weight excluding hydrogens is 234 g/mol. The van der Waals surface area contributed by atoms with Crippen molar-refractivity contribution in [3.8, 4) is 0 Å². The number of hydrogen-bond acceptors (Lipinski definition) is 2. The average molecular weight is 253 g/mol. The Morgan fingerprint density at radius 3 is 2.32 bits per heavy atom. The molecule has 0 radical (unpaired) electrons. The van der Waals surface area contributed by atoms with Crippen LogP contribution in [-0.2, 0) is 0 Å². The highest BCUT2D eigenvalue weighted by molar-refractivity contribution is 6.01. The summed E-state index contributed by atoms with van der Waals surface area (Å²) in [7, 11) is 0. The predicted octanol–water partition coefficient (Wildman–Crippen LogP) is 3.99. The van der Waals surface area contributed by atoms with Crippen molar-refractivity contribution in [2.75, 3.05) is 5.32 Å². The van der Waals surface area contributed by atoms with E-state index in [9.17, 15) is 4.79 Å². The summed E-state index contributed by atoms with van der Waals surface area (Å²) in [6.45, 7) is 5.93. The van der Waals surface area contributed by atoms with Crippen LogP contribution in [0.25, 0.3) is 0 Å². The Kier molecular flexibility index (Phi) is 4.00. The summed E-state index contributed by atoms with van der Waals surface area (Å²) in [6, 6.07) is 15.5. The normalized spacial score (nSPS) is 11.9. The highest BCUT2D eigenvalue weighted by Gasteiger charge is 2.14. The van der Waals surface area contributed by atoms with Gasteiger partial charge in [0.05, 0.1) is 6.04 Å². The Morgan fingerprint density at radius 2 is 1.68 bits per heavy atom. The summed E-state index contributed by atoms with van der Waals surface area (Å²) in [6.07, 6.45) is 0. The number of benzene rings is 2. The fourth-order valence-corrected chi connectivity index (χ4v) is 2.01. The van der Waals surface area contributed by atoms with Crippen LogP contribution in [-0.4, -0.2) is 11.8 Å². The molecule has 2 aromatic carbocycles. The molecule has 0 saturated carbocycles. The van der Waals surface area contributed by atoms with Gasteiger partial charge in [0.25, 0.3) is 0 Å². The van der Waals surface area contributed by atoms with Crippen LogP contribution in [0.15, 0.2) is 48.5 Å². The van der Waals surface area contributed by atoms with Gasteiger partial charge in [-0.25, -0.2) is 0 Å². The van der Waals surface area contributed by atoms with Gasteiger partial charge in [-0.1, -0.05) is 41.5 Å². The maximum absolute atomic E-state index is 12.3. The predicted molar refractivity (Wildman–Crippen MR) is 79.8 cm³/mol. The quantitative estimate of drug-likeness (QED) is 0.835. The van der Waals surface area contributed by atoms with Crippen molar-refractivity contribution in [3.63, 3.8) is 0 Å². The van der Waals surface area contributed by atoms with Gasteiger partial charge in [0.15, 0.2) is 5.78 Å². The third kappa shape index (κ3) is 3.44. The third-order valence-electron chi connectivity index (χ3n) is 3.13. The molecule has 2 heteroatoms. The molecule has 2 nitrogen and oxygen atoms in total. The number of carbonyl (C=O) groups excluding carboxylic acids is 1. The number of carbonyl (C=O) groups is 1. The molecule has 0 aromatic heterocycles. The lowest BCUT2D eigenvalue weighted by Crippen LogP contribution is -2.26. The monoisotopic (exact) mass is 253 g/mol. The summed E-state index contributed by atoms with van der Waals surface area (Å²) in [5.74, 6) is 0.115. The molecule has 2 rings (SSSR count). The molecule has 1 atom stereocenters. The Labute approximate surface area is 114 Å². The Balaban J connectivity index is 2.09. The van der Waals surface area contributed by atoms with Gasteiger partial charge in [0.2, 0.25) is 0 Å². The highest BCUT2D eigenvalue weighted by atomic mass is 16.1. The lowest BCUT2D eigenvalue weighted by Gasteiger charge is -2.14. The molecule has 0 amide bonds. The second-order valence-corrected chi connectivity index (χ2v) is 4.97. The first-order chi connectivity index (χ1) is 9.06. The Bertz CT molecular complexity index is 572. The van der Waals surface area contributed by atoms with Crippen LogP contribution in [0.3, 0.4) is 0 Å². The Hall–Kier alpha value is -2.09. The zero-order valence-corrected chi connectivity index (χ0v) is 11.6. The molecule has 0 spiro atoms. The van der Waals surface area contributed by atoms with E-state index in [-0.39, 0.29) is 11.8 Å². The first-order valence-electron chi connectivity index (χ1n) is 6.50. The average Bonchev–Trinajstić information content (AvgIpc) is 2.40. The van der Waals surface area contributed by atoms with Gasteiger partial charge in [-0.3, -0.25) is 4.79 Å². The lowest BCUT2D eigenvalue weighted by atomic mass is 10.0. The van der Waals surface area contributed by atoms with Crippen molar-refractivity contribution in [1.29, 1.82) is 0 Å². The Morgan fingerprint density at radius 1 is 1.00 bits per heavy atom. The SMILES string of the molecule is Cc1ccc(NC(C)C(=O)c2cccc(C)c2)cc1. The number of Topliss-reactive ketones (excluding diaryl/α,β-unsaturated/α-hetero) is 1. The van der Waals surface area contributed by atoms with E-state index < -0.39 is 0 Å². The summed E-state index contributed by atoms with van der Waals surface area (Å²) in [5, 5.41) is 3.24.